The normalized spacial score (nSPS) is 13.8. The van der Waals surface area contributed by atoms with Gasteiger partial charge in [-0.3, -0.25) is 0 Å². The highest BCUT2D eigenvalue weighted by Crippen LogP contribution is 2.20. The van der Waals surface area contributed by atoms with Gasteiger partial charge < -0.3 is 5.11 Å². The third-order valence-electron chi connectivity index (χ3n) is 2.71. The van der Waals surface area contributed by atoms with Gasteiger partial charge in [-0.15, -0.1) is 11.3 Å². The number of rotatable bonds is 6. The van der Waals surface area contributed by atoms with E-state index in [0.29, 0.717) is 5.92 Å². The summed E-state index contributed by atoms with van der Waals surface area (Å²) in [5.74, 6) is -0.831. The maximum atomic E-state index is 11.9. The van der Waals surface area contributed by atoms with E-state index < -0.39 is 21.7 Å². The Morgan fingerprint density at radius 1 is 1.50 bits per heavy atom. The van der Waals surface area contributed by atoms with Gasteiger partial charge in [-0.05, 0) is 11.8 Å². The molecule has 0 saturated carbocycles. The minimum absolute atomic E-state index is 0.168. The van der Waals surface area contributed by atoms with Crippen LogP contribution in [0.1, 0.15) is 31.3 Å². The van der Waals surface area contributed by atoms with E-state index in [4.69, 9.17) is 5.11 Å². The molecule has 1 rings (SSSR count). The number of carboxylic acids is 1. The van der Waals surface area contributed by atoms with E-state index in [1.165, 1.54) is 5.51 Å². The van der Waals surface area contributed by atoms with Crippen molar-refractivity contribution in [2.75, 3.05) is 6.54 Å². The van der Waals surface area contributed by atoms with Crippen LogP contribution in [0.2, 0.25) is 0 Å². The summed E-state index contributed by atoms with van der Waals surface area (Å²) in [6.45, 7) is 6.19. The zero-order chi connectivity index (χ0) is 13.9. The van der Waals surface area contributed by atoms with Gasteiger partial charge >= 0.3 is 5.97 Å². The number of hydrogen-bond donors (Lipinski definition) is 2. The maximum absolute atomic E-state index is 11.9. The zero-order valence-corrected chi connectivity index (χ0v) is 12.0. The monoisotopic (exact) mass is 292 g/mol. The lowest BCUT2D eigenvalue weighted by Crippen LogP contribution is -2.30. The maximum Gasteiger partial charge on any atom is 0.356 e. The van der Waals surface area contributed by atoms with Gasteiger partial charge in [-0.2, -0.15) is 0 Å². The highest BCUT2D eigenvalue weighted by molar-refractivity contribution is 7.91. The SMILES string of the molecule is CC(C)C(C)CNS(=O)(=O)c1scnc1C(=O)O. The number of carbonyl (C=O) groups is 1. The quantitative estimate of drug-likeness (QED) is 0.826. The Balaban J connectivity index is 2.87. The Kier molecular flexibility index (Phi) is 4.83. The molecule has 0 aromatic carbocycles. The van der Waals surface area contributed by atoms with Crippen molar-refractivity contribution >= 4 is 27.3 Å². The molecule has 0 aliphatic heterocycles. The first kappa shape index (κ1) is 15.1. The lowest BCUT2D eigenvalue weighted by Gasteiger charge is -2.15. The summed E-state index contributed by atoms with van der Waals surface area (Å²) < 4.78 is 26.1. The molecule has 0 radical (unpaired) electrons. The lowest BCUT2D eigenvalue weighted by molar-refractivity contribution is 0.0687. The third kappa shape index (κ3) is 3.50. The number of aromatic carboxylic acids is 1. The van der Waals surface area contributed by atoms with Gasteiger partial charge in [-0.25, -0.2) is 22.9 Å². The second kappa shape index (κ2) is 5.77. The minimum atomic E-state index is -3.80. The van der Waals surface area contributed by atoms with Gasteiger partial charge in [0.15, 0.2) is 9.90 Å². The predicted molar refractivity (Wildman–Crippen MR) is 68.3 cm³/mol. The van der Waals surface area contributed by atoms with E-state index in [0.717, 1.165) is 11.3 Å². The fourth-order valence-corrected chi connectivity index (χ4v) is 3.44. The van der Waals surface area contributed by atoms with E-state index in [9.17, 15) is 13.2 Å². The summed E-state index contributed by atoms with van der Waals surface area (Å²) >= 11 is 0.802. The Labute approximate surface area is 110 Å². The largest absolute Gasteiger partial charge is 0.476 e. The van der Waals surface area contributed by atoms with Crippen LogP contribution in [0.3, 0.4) is 0 Å². The molecule has 1 aromatic heterocycles. The molecule has 0 bridgehead atoms. The van der Waals surface area contributed by atoms with E-state index in [1.54, 1.807) is 0 Å². The molecule has 0 fully saturated rings. The van der Waals surface area contributed by atoms with Crippen LogP contribution in [0.4, 0.5) is 0 Å². The molecule has 1 unspecified atom stereocenters. The Morgan fingerprint density at radius 2 is 2.11 bits per heavy atom. The number of nitrogens with one attached hydrogen (secondary N) is 1. The van der Waals surface area contributed by atoms with Gasteiger partial charge in [-0.1, -0.05) is 20.8 Å². The van der Waals surface area contributed by atoms with Gasteiger partial charge in [0.2, 0.25) is 0 Å². The van der Waals surface area contributed by atoms with Crippen LogP contribution in [-0.2, 0) is 10.0 Å². The summed E-state index contributed by atoms with van der Waals surface area (Å²) in [4.78, 5) is 14.4. The summed E-state index contributed by atoms with van der Waals surface area (Å²) in [5, 5.41) is 8.84. The van der Waals surface area contributed by atoms with Gasteiger partial charge in [0.05, 0.1) is 5.51 Å². The molecule has 0 saturated heterocycles. The molecule has 18 heavy (non-hydrogen) atoms. The van der Waals surface area contributed by atoms with Crippen molar-refractivity contribution in [1.82, 2.24) is 9.71 Å². The Morgan fingerprint density at radius 3 is 2.61 bits per heavy atom. The number of thiazole rings is 1. The topological polar surface area (TPSA) is 96.4 Å². The van der Waals surface area contributed by atoms with Crippen molar-refractivity contribution in [1.29, 1.82) is 0 Å². The fourth-order valence-electron chi connectivity index (χ4n) is 1.11. The van der Waals surface area contributed by atoms with Crippen LogP contribution in [0.15, 0.2) is 9.72 Å². The predicted octanol–water partition coefficient (Wildman–Crippen LogP) is 1.41. The molecule has 1 atom stereocenters. The number of aromatic nitrogens is 1. The highest BCUT2D eigenvalue weighted by Gasteiger charge is 2.26. The summed E-state index contributed by atoms with van der Waals surface area (Å²) in [6, 6.07) is 0. The smallest absolute Gasteiger partial charge is 0.356 e. The molecule has 1 heterocycles. The number of nitrogens with zero attached hydrogens (tertiary/aromatic N) is 1. The summed E-state index contributed by atoms with van der Waals surface area (Å²) in [7, 11) is -3.80. The van der Waals surface area contributed by atoms with Crippen molar-refractivity contribution < 1.29 is 18.3 Å². The molecule has 102 valence electrons. The first-order valence-corrected chi connectivity index (χ1v) is 7.78. The minimum Gasteiger partial charge on any atom is -0.476 e. The second-order valence-electron chi connectivity index (χ2n) is 4.37. The number of carboxylic acid groups (broad SMARTS) is 1. The van der Waals surface area contributed by atoms with Gasteiger partial charge in [0.25, 0.3) is 10.0 Å². The zero-order valence-electron chi connectivity index (χ0n) is 10.4. The van der Waals surface area contributed by atoms with Crippen molar-refractivity contribution in [2.24, 2.45) is 11.8 Å². The summed E-state index contributed by atoms with van der Waals surface area (Å²) in [5.41, 5.74) is 0.786. The van der Waals surface area contributed by atoms with E-state index in [2.05, 4.69) is 9.71 Å². The van der Waals surface area contributed by atoms with Crippen molar-refractivity contribution in [3.8, 4) is 0 Å². The molecule has 0 spiro atoms. The molecule has 6 nitrogen and oxygen atoms in total. The molecule has 1 aromatic rings. The average Bonchev–Trinajstić information content (AvgIpc) is 2.75. The van der Waals surface area contributed by atoms with E-state index >= 15 is 0 Å². The van der Waals surface area contributed by atoms with Crippen LogP contribution >= 0.6 is 11.3 Å². The average molecular weight is 292 g/mol. The molecule has 0 aliphatic rings. The third-order valence-corrected chi connectivity index (χ3v) is 5.51. The fraction of sp³-hybridized carbons (Fsp3) is 0.600. The standard InChI is InChI=1S/C10H16N2O4S2/c1-6(2)7(3)4-12-18(15,16)10-8(9(13)14)11-5-17-10/h5-7,12H,4H2,1-3H3,(H,13,14). The van der Waals surface area contributed by atoms with Crippen LogP contribution < -0.4 is 4.72 Å². The van der Waals surface area contributed by atoms with Crippen LogP contribution in [-0.4, -0.2) is 31.0 Å². The van der Waals surface area contributed by atoms with Crippen molar-refractivity contribution in [2.45, 2.75) is 25.0 Å². The molecule has 0 aliphatic carbocycles. The van der Waals surface area contributed by atoms with Crippen molar-refractivity contribution in [3.63, 3.8) is 0 Å². The Bertz CT molecular complexity index is 522. The molecule has 0 amide bonds. The van der Waals surface area contributed by atoms with E-state index in [-0.39, 0.29) is 16.7 Å². The first-order valence-electron chi connectivity index (χ1n) is 5.42. The summed E-state index contributed by atoms with van der Waals surface area (Å²) in [6.07, 6.45) is 0. The molecule has 2 N–H and O–H groups in total. The number of sulfonamides is 1. The second-order valence-corrected chi connectivity index (χ2v) is 7.18. The van der Waals surface area contributed by atoms with Gasteiger partial charge in [0.1, 0.15) is 0 Å². The van der Waals surface area contributed by atoms with Crippen molar-refractivity contribution in [3.05, 3.63) is 11.2 Å². The molecule has 8 heteroatoms. The highest BCUT2D eigenvalue weighted by atomic mass is 32.2. The lowest BCUT2D eigenvalue weighted by atomic mass is 9.99. The van der Waals surface area contributed by atoms with E-state index in [1.807, 2.05) is 20.8 Å². The van der Waals surface area contributed by atoms with Crippen LogP contribution in [0, 0.1) is 11.8 Å². The van der Waals surface area contributed by atoms with Crippen LogP contribution in [0.5, 0.6) is 0 Å². The van der Waals surface area contributed by atoms with Crippen LogP contribution in [0.25, 0.3) is 0 Å². The number of hydrogen-bond acceptors (Lipinski definition) is 5. The Hall–Kier alpha value is -0.990. The van der Waals surface area contributed by atoms with Gasteiger partial charge in [0, 0.05) is 6.54 Å². The molecular weight excluding hydrogens is 276 g/mol. The first-order chi connectivity index (χ1) is 8.25. The molecular formula is C10H16N2O4S2.